The molecule has 0 saturated carbocycles. The van der Waals surface area contributed by atoms with Gasteiger partial charge in [0, 0.05) is 0 Å². The van der Waals surface area contributed by atoms with Crippen molar-refractivity contribution >= 4 is 34.8 Å². The smallest absolute Gasteiger partial charge is 0.176 e. The number of hydrogen-bond donors (Lipinski definition) is 0. The van der Waals surface area contributed by atoms with Crippen LogP contribution in [-0.2, 0) is 9.59 Å². The molecule has 0 heterocycles. The Bertz CT molecular complexity index is 233. The van der Waals surface area contributed by atoms with Crippen LogP contribution in [0.4, 0.5) is 0 Å². The molecule has 0 amide bonds. The van der Waals surface area contributed by atoms with Crippen molar-refractivity contribution in [3.8, 4) is 0 Å². The molecule has 0 aromatic heterocycles. The Balaban J connectivity index is 2.69. The second-order valence-electron chi connectivity index (χ2n) is 2.64. The second-order valence-corrected chi connectivity index (χ2v) is 3.73. The van der Waals surface area contributed by atoms with Gasteiger partial charge in [0.1, 0.15) is 0 Å². The minimum Gasteiger partial charge on any atom is -0.296 e. The summed E-state index contributed by atoms with van der Waals surface area (Å²) in [6.45, 7) is 0. The molecule has 2 nitrogen and oxygen atoms in total. The number of alkyl halides is 2. The van der Waals surface area contributed by atoms with Gasteiger partial charge in [-0.1, -0.05) is 29.3 Å². The molecule has 0 aromatic rings. The van der Waals surface area contributed by atoms with E-state index >= 15 is 0 Å². The molecule has 12 heavy (non-hydrogen) atoms. The Morgan fingerprint density at radius 3 is 2.75 bits per heavy atom. The number of halogens is 2. The highest BCUT2D eigenvalue weighted by Gasteiger charge is 2.29. The molecule has 1 aliphatic carbocycles. The van der Waals surface area contributed by atoms with Crippen molar-refractivity contribution in [3.63, 3.8) is 0 Å². The maximum Gasteiger partial charge on any atom is 0.176 e. The molecule has 0 saturated heterocycles. The Hall–Kier alpha value is -0.340. The number of allylic oxidation sites excluding steroid dienone is 2. The Morgan fingerprint density at radius 1 is 1.58 bits per heavy atom. The zero-order valence-electron chi connectivity index (χ0n) is 6.30. The third-order valence-corrected chi connectivity index (χ3v) is 2.24. The molecule has 0 fully saturated rings. The van der Waals surface area contributed by atoms with Crippen LogP contribution >= 0.6 is 23.2 Å². The monoisotopic (exact) mass is 206 g/mol. The van der Waals surface area contributed by atoms with Crippen molar-refractivity contribution in [2.24, 2.45) is 5.92 Å². The van der Waals surface area contributed by atoms with Gasteiger partial charge in [-0.2, -0.15) is 0 Å². The van der Waals surface area contributed by atoms with Crippen molar-refractivity contribution in [1.29, 1.82) is 0 Å². The number of hydrogen-bond acceptors (Lipinski definition) is 2. The maximum atomic E-state index is 11.2. The summed E-state index contributed by atoms with van der Waals surface area (Å²) in [5, 5.41) is 0. The molecule has 0 radical (unpaired) electrons. The van der Waals surface area contributed by atoms with Gasteiger partial charge in [0.2, 0.25) is 0 Å². The first-order valence-electron chi connectivity index (χ1n) is 3.65. The van der Waals surface area contributed by atoms with E-state index in [0.717, 1.165) is 6.42 Å². The molecular weight excluding hydrogens is 199 g/mol. The highest BCUT2D eigenvalue weighted by molar-refractivity contribution is 6.54. The quantitative estimate of drug-likeness (QED) is 0.511. The highest BCUT2D eigenvalue weighted by Crippen LogP contribution is 2.20. The summed E-state index contributed by atoms with van der Waals surface area (Å²) in [6, 6.07) is 0. The van der Waals surface area contributed by atoms with Gasteiger partial charge in [-0.3, -0.25) is 9.59 Å². The fourth-order valence-corrected chi connectivity index (χ4v) is 1.46. The number of rotatable bonds is 2. The van der Waals surface area contributed by atoms with Crippen LogP contribution in [0.15, 0.2) is 12.2 Å². The molecule has 1 unspecified atom stereocenters. The van der Waals surface area contributed by atoms with Crippen molar-refractivity contribution < 1.29 is 9.59 Å². The number of carbonyl (C=O) groups is 2. The number of Topliss-reactive ketones (excluding diaryl/α,β-unsaturated/α-hetero) is 1. The van der Waals surface area contributed by atoms with E-state index in [2.05, 4.69) is 0 Å². The fourth-order valence-electron chi connectivity index (χ4n) is 1.16. The minimum absolute atomic E-state index is 0.183. The average Bonchev–Trinajstić information content (AvgIpc) is 2.04. The third kappa shape index (κ3) is 2.08. The summed E-state index contributed by atoms with van der Waals surface area (Å²) in [7, 11) is 0. The van der Waals surface area contributed by atoms with Gasteiger partial charge >= 0.3 is 0 Å². The minimum atomic E-state index is -1.08. The second kappa shape index (κ2) is 4.06. The maximum absolute atomic E-state index is 11.2. The summed E-state index contributed by atoms with van der Waals surface area (Å²) in [5.41, 5.74) is 0. The summed E-state index contributed by atoms with van der Waals surface area (Å²) in [5.74, 6) is -1.18. The molecule has 1 aliphatic rings. The van der Waals surface area contributed by atoms with E-state index in [9.17, 15) is 9.59 Å². The van der Waals surface area contributed by atoms with Crippen LogP contribution in [-0.4, -0.2) is 16.4 Å². The van der Waals surface area contributed by atoms with Gasteiger partial charge in [-0.15, -0.1) is 0 Å². The Kier molecular flexibility index (Phi) is 3.29. The lowest BCUT2D eigenvalue weighted by Crippen LogP contribution is -2.28. The van der Waals surface area contributed by atoms with Crippen molar-refractivity contribution in [2.45, 2.75) is 17.7 Å². The molecule has 66 valence electrons. The first-order chi connectivity index (χ1) is 5.63. The van der Waals surface area contributed by atoms with E-state index in [1.165, 1.54) is 6.08 Å². The standard InChI is InChI=1S/C8H8Cl2O2/c9-8(10)7(12)5-3-1-2-4-6(5)11/h2,4-5,8H,1,3H2. The zero-order chi connectivity index (χ0) is 9.14. The van der Waals surface area contributed by atoms with Gasteiger partial charge in [0.15, 0.2) is 16.4 Å². The van der Waals surface area contributed by atoms with Crippen LogP contribution in [0.5, 0.6) is 0 Å². The Labute approximate surface area is 80.5 Å². The summed E-state index contributed by atoms with van der Waals surface area (Å²) < 4.78 is 0. The van der Waals surface area contributed by atoms with Crippen LogP contribution in [0.25, 0.3) is 0 Å². The average molecular weight is 207 g/mol. The van der Waals surface area contributed by atoms with Crippen LogP contribution < -0.4 is 0 Å². The van der Waals surface area contributed by atoms with Gasteiger partial charge in [0.25, 0.3) is 0 Å². The molecule has 1 atom stereocenters. The van der Waals surface area contributed by atoms with E-state index in [1.54, 1.807) is 6.08 Å². The summed E-state index contributed by atoms with van der Waals surface area (Å²) in [4.78, 5) is 21.2. The predicted octanol–water partition coefficient (Wildman–Crippen LogP) is 1.89. The predicted molar refractivity (Wildman–Crippen MR) is 47.4 cm³/mol. The molecule has 1 rings (SSSR count). The molecular formula is C8H8Cl2O2. The van der Waals surface area contributed by atoms with Gasteiger partial charge in [-0.05, 0) is 18.9 Å². The van der Waals surface area contributed by atoms with Crippen LogP contribution in [0.1, 0.15) is 12.8 Å². The van der Waals surface area contributed by atoms with E-state index in [-0.39, 0.29) is 11.6 Å². The lowest BCUT2D eigenvalue weighted by Gasteiger charge is -2.15. The zero-order valence-corrected chi connectivity index (χ0v) is 7.81. The molecule has 0 aliphatic heterocycles. The first-order valence-corrected chi connectivity index (χ1v) is 4.52. The normalized spacial score (nSPS) is 23.2. The number of ketones is 2. The fraction of sp³-hybridized carbons (Fsp3) is 0.500. The molecule has 0 bridgehead atoms. The third-order valence-electron chi connectivity index (χ3n) is 1.81. The van der Waals surface area contributed by atoms with Crippen LogP contribution in [0, 0.1) is 5.92 Å². The van der Waals surface area contributed by atoms with Crippen molar-refractivity contribution in [2.75, 3.05) is 0 Å². The van der Waals surface area contributed by atoms with Crippen LogP contribution in [0.3, 0.4) is 0 Å². The highest BCUT2D eigenvalue weighted by atomic mass is 35.5. The van der Waals surface area contributed by atoms with Gasteiger partial charge in [0.05, 0.1) is 5.92 Å². The Morgan fingerprint density at radius 2 is 2.25 bits per heavy atom. The summed E-state index contributed by atoms with van der Waals surface area (Å²) >= 11 is 10.7. The SMILES string of the molecule is O=C1C=CCCC1C(=O)C(Cl)Cl. The largest absolute Gasteiger partial charge is 0.296 e. The topological polar surface area (TPSA) is 34.1 Å². The summed E-state index contributed by atoms with van der Waals surface area (Å²) in [6.07, 6.45) is 4.44. The van der Waals surface area contributed by atoms with Crippen molar-refractivity contribution in [1.82, 2.24) is 0 Å². The van der Waals surface area contributed by atoms with Crippen LogP contribution in [0.2, 0.25) is 0 Å². The van der Waals surface area contributed by atoms with E-state index in [0.29, 0.717) is 6.42 Å². The van der Waals surface area contributed by atoms with Gasteiger partial charge < -0.3 is 0 Å². The lowest BCUT2D eigenvalue weighted by atomic mass is 9.90. The molecule has 0 aromatic carbocycles. The number of carbonyl (C=O) groups excluding carboxylic acids is 2. The molecule has 0 spiro atoms. The molecule has 0 N–H and O–H groups in total. The first kappa shape index (κ1) is 9.75. The van der Waals surface area contributed by atoms with Crippen molar-refractivity contribution in [3.05, 3.63) is 12.2 Å². The van der Waals surface area contributed by atoms with E-state index < -0.39 is 10.8 Å². The van der Waals surface area contributed by atoms with E-state index in [4.69, 9.17) is 23.2 Å². The van der Waals surface area contributed by atoms with E-state index in [1.807, 2.05) is 0 Å². The van der Waals surface area contributed by atoms with Gasteiger partial charge in [-0.25, -0.2) is 0 Å². The lowest BCUT2D eigenvalue weighted by molar-refractivity contribution is -0.129. The molecule has 4 heteroatoms.